The Hall–Kier alpha value is -0.610. The zero-order chi connectivity index (χ0) is 13.0. The smallest absolute Gasteiger partial charge is 0.109 e. The van der Waals surface area contributed by atoms with Crippen molar-refractivity contribution in [3.8, 4) is 0 Å². The second-order valence-electron chi connectivity index (χ2n) is 3.93. The van der Waals surface area contributed by atoms with Crippen LogP contribution >= 0.6 is 34.5 Å². The first-order chi connectivity index (χ1) is 8.72. The fourth-order valence-corrected chi connectivity index (χ4v) is 2.92. The van der Waals surface area contributed by atoms with E-state index in [1.807, 2.05) is 23.7 Å². The molecule has 0 bridgehead atoms. The highest BCUT2D eigenvalue weighted by Gasteiger charge is 2.12. The normalized spacial score (nSPS) is 12.6. The largest absolute Gasteiger partial charge is 0.304 e. The first kappa shape index (κ1) is 13.8. The van der Waals surface area contributed by atoms with Gasteiger partial charge in [0.2, 0.25) is 0 Å². The number of nitrogens with zero attached hydrogens (tertiary/aromatic N) is 1. The van der Waals surface area contributed by atoms with Crippen LogP contribution in [0.15, 0.2) is 29.8 Å². The van der Waals surface area contributed by atoms with Gasteiger partial charge in [-0.2, -0.15) is 0 Å². The zero-order valence-electron chi connectivity index (χ0n) is 9.99. The molecule has 0 spiro atoms. The van der Waals surface area contributed by atoms with Crippen LogP contribution in [0.3, 0.4) is 0 Å². The fourth-order valence-electron chi connectivity index (χ4n) is 1.73. The van der Waals surface area contributed by atoms with Crippen LogP contribution in [0.5, 0.6) is 0 Å². The van der Waals surface area contributed by atoms with Gasteiger partial charge in [-0.25, -0.2) is 4.98 Å². The van der Waals surface area contributed by atoms with Crippen LogP contribution < -0.4 is 5.32 Å². The summed E-state index contributed by atoms with van der Waals surface area (Å²) in [6.07, 6.45) is 2.82. The predicted octanol–water partition coefficient (Wildman–Crippen LogP) is 4.69. The molecule has 0 saturated carbocycles. The zero-order valence-corrected chi connectivity index (χ0v) is 12.3. The van der Waals surface area contributed by atoms with Gasteiger partial charge in [-0.15, -0.1) is 11.3 Å². The minimum atomic E-state index is 0.264. The molecule has 1 heterocycles. The molecular weight excluding hydrogens is 287 g/mol. The third-order valence-corrected chi connectivity index (χ3v) is 4.48. The van der Waals surface area contributed by atoms with Crippen molar-refractivity contribution in [1.29, 1.82) is 0 Å². The van der Waals surface area contributed by atoms with Crippen molar-refractivity contribution < 1.29 is 0 Å². The quantitative estimate of drug-likeness (QED) is 0.866. The number of rotatable bonds is 5. The molecule has 2 rings (SSSR count). The molecule has 0 aliphatic rings. The molecule has 1 aromatic carbocycles. The van der Waals surface area contributed by atoms with E-state index >= 15 is 0 Å². The molecule has 1 aromatic heterocycles. The van der Waals surface area contributed by atoms with E-state index in [9.17, 15) is 0 Å². The Kier molecular flexibility index (Phi) is 5.01. The Labute approximate surface area is 121 Å². The van der Waals surface area contributed by atoms with E-state index in [2.05, 4.69) is 17.2 Å². The number of nitrogens with one attached hydrogen (secondary N) is 1. The average Bonchev–Trinajstić information content (AvgIpc) is 2.89. The van der Waals surface area contributed by atoms with Crippen molar-refractivity contribution in [3.63, 3.8) is 0 Å². The van der Waals surface area contributed by atoms with Gasteiger partial charge < -0.3 is 5.32 Å². The number of thiazole rings is 1. The lowest BCUT2D eigenvalue weighted by atomic mass is 10.2. The average molecular weight is 301 g/mol. The summed E-state index contributed by atoms with van der Waals surface area (Å²) in [4.78, 5) is 4.34. The van der Waals surface area contributed by atoms with Crippen molar-refractivity contribution in [2.45, 2.75) is 25.9 Å². The molecule has 2 aromatic rings. The Morgan fingerprint density at radius 2 is 2.22 bits per heavy atom. The summed E-state index contributed by atoms with van der Waals surface area (Å²) in [6, 6.07) is 5.96. The van der Waals surface area contributed by atoms with E-state index in [0.717, 1.165) is 17.0 Å². The van der Waals surface area contributed by atoms with E-state index in [1.54, 1.807) is 17.4 Å². The highest BCUT2D eigenvalue weighted by molar-refractivity contribution is 7.09. The van der Waals surface area contributed by atoms with Crippen LogP contribution in [0, 0.1) is 0 Å². The minimum absolute atomic E-state index is 0.264. The van der Waals surface area contributed by atoms with Crippen LogP contribution in [0.25, 0.3) is 0 Å². The molecule has 96 valence electrons. The first-order valence-electron chi connectivity index (χ1n) is 5.78. The molecule has 1 unspecified atom stereocenters. The summed E-state index contributed by atoms with van der Waals surface area (Å²) < 4.78 is 0. The molecule has 18 heavy (non-hydrogen) atoms. The molecule has 1 N–H and O–H groups in total. The van der Waals surface area contributed by atoms with Crippen LogP contribution in [-0.2, 0) is 6.54 Å². The molecule has 0 saturated heterocycles. The molecule has 0 radical (unpaired) electrons. The highest BCUT2D eigenvalue weighted by Crippen LogP contribution is 2.26. The second kappa shape index (κ2) is 6.53. The highest BCUT2D eigenvalue weighted by atomic mass is 35.5. The first-order valence-corrected chi connectivity index (χ1v) is 7.41. The molecular formula is C13H14Cl2N2S. The van der Waals surface area contributed by atoms with E-state index in [0.29, 0.717) is 16.6 Å². The Bertz CT molecular complexity index is 500. The van der Waals surface area contributed by atoms with E-state index in [4.69, 9.17) is 23.2 Å². The summed E-state index contributed by atoms with van der Waals surface area (Å²) >= 11 is 13.8. The lowest BCUT2D eigenvalue weighted by molar-refractivity contribution is 0.517. The third-order valence-electron chi connectivity index (χ3n) is 2.73. The van der Waals surface area contributed by atoms with Crippen LogP contribution in [0.1, 0.15) is 30.0 Å². The van der Waals surface area contributed by atoms with E-state index < -0.39 is 0 Å². The van der Waals surface area contributed by atoms with Gasteiger partial charge in [-0.05, 0) is 18.1 Å². The van der Waals surface area contributed by atoms with Crippen molar-refractivity contribution >= 4 is 34.5 Å². The summed E-state index contributed by atoms with van der Waals surface area (Å²) in [5, 5.41) is 7.78. The summed E-state index contributed by atoms with van der Waals surface area (Å²) in [5.74, 6) is 0. The van der Waals surface area contributed by atoms with Gasteiger partial charge in [-0.3, -0.25) is 0 Å². The second-order valence-corrected chi connectivity index (χ2v) is 5.64. The van der Waals surface area contributed by atoms with Crippen LogP contribution in [-0.4, -0.2) is 4.98 Å². The standard InChI is InChI=1S/C13H14Cl2N2S/c1-2-11(13-16-6-7-18-13)17-8-9-4-3-5-10(14)12(9)15/h3-7,11,17H,2,8H2,1H3. The Morgan fingerprint density at radius 3 is 2.89 bits per heavy atom. The van der Waals surface area contributed by atoms with Crippen molar-refractivity contribution in [3.05, 3.63) is 50.4 Å². The Balaban J connectivity index is 2.04. The SMILES string of the molecule is CCC(NCc1cccc(Cl)c1Cl)c1nccs1. The number of halogens is 2. The molecule has 0 aliphatic heterocycles. The van der Waals surface area contributed by atoms with Gasteiger partial charge in [0.1, 0.15) is 5.01 Å². The van der Waals surface area contributed by atoms with E-state index in [-0.39, 0.29) is 6.04 Å². The molecule has 0 aliphatic carbocycles. The monoisotopic (exact) mass is 300 g/mol. The summed E-state index contributed by atoms with van der Waals surface area (Å²) in [7, 11) is 0. The van der Waals surface area contributed by atoms with Gasteiger partial charge in [0.15, 0.2) is 0 Å². The Morgan fingerprint density at radius 1 is 1.39 bits per heavy atom. The van der Waals surface area contributed by atoms with Crippen LogP contribution in [0.4, 0.5) is 0 Å². The van der Waals surface area contributed by atoms with Crippen molar-refractivity contribution in [2.75, 3.05) is 0 Å². The lowest BCUT2D eigenvalue weighted by Gasteiger charge is -2.15. The minimum Gasteiger partial charge on any atom is -0.304 e. The topological polar surface area (TPSA) is 24.9 Å². The molecule has 1 atom stereocenters. The predicted molar refractivity (Wildman–Crippen MR) is 78.4 cm³/mol. The van der Waals surface area contributed by atoms with Crippen molar-refractivity contribution in [1.82, 2.24) is 10.3 Å². The van der Waals surface area contributed by atoms with Crippen molar-refractivity contribution in [2.24, 2.45) is 0 Å². The lowest BCUT2D eigenvalue weighted by Crippen LogP contribution is -2.20. The van der Waals surface area contributed by atoms with Gasteiger partial charge in [0.05, 0.1) is 16.1 Å². The number of hydrogen-bond acceptors (Lipinski definition) is 3. The molecule has 0 amide bonds. The maximum absolute atomic E-state index is 6.16. The maximum atomic E-state index is 6.16. The van der Waals surface area contributed by atoms with Gasteiger partial charge in [0.25, 0.3) is 0 Å². The third kappa shape index (κ3) is 3.23. The van der Waals surface area contributed by atoms with Gasteiger partial charge in [0, 0.05) is 18.1 Å². The van der Waals surface area contributed by atoms with Gasteiger partial charge in [-0.1, -0.05) is 42.3 Å². The van der Waals surface area contributed by atoms with E-state index in [1.165, 1.54) is 0 Å². The summed E-state index contributed by atoms with van der Waals surface area (Å²) in [6.45, 7) is 2.83. The number of hydrogen-bond donors (Lipinski definition) is 1. The fraction of sp³-hybridized carbons (Fsp3) is 0.308. The summed E-state index contributed by atoms with van der Waals surface area (Å²) in [5.41, 5.74) is 1.01. The molecule has 5 heteroatoms. The van der Waals surface area contributed by atoms with Gasteiger partial charge >= 0.3 is 0 Å². The number of aromatic nitrogens is 1. The maximum Gasteiger partial charge on any atom is 0.109 e. The molecule has 2 nitrogen and oxygen atoms in total. The number of benzene rings is 1. The van der Waals surface area contributed by atoms with Crippen LogP contribution in [0.2, 0.25) is 10.0 Å². The molecule has 0 fully saturated rings.